The molecule has 0 saturated heterocycles. The van der Waals surface area contributed by atoms with Crippen LogP contribution in [0.4, 0.5) is 0 Å². The molecule has 0 bridgehead atoms. The summed E-state index contributed by atoms with van der Waals surface area (Å²) < 4.78 is 13.2. The first kappa shape index (κ1) is 14.6. The van der Waals surface area contributed by atoms with Crippen LogP contribution in [0.1, 0.15) is 5.56 Å². The lowest BCUT2D eigenvalue weighted by molar-refractivity contribution is 0.174. The van der Waals surface area contributed by atoms with Gasteiger partial charge in [0.2, 0.25) is 6.79 Å². The topological polar surface area (TPSA) is 49.2 Å². The zero-order valence-electron chi connectivity index (χ0n) is 14.4. The molecular formula is C22H15N3O2. The first-order chi connectivity index (χ1) is 13.4. The molecule has 0 radical (unpaired) electrons. The number of benzene rings is 3. The van der Waals surface area contributed by atoms with Crippen molar-refractivity contribution >= 4 is 33.1 Å². The lowest BCUT2D eigenvalue weighted by Gasteiger charge is -2.08. The van der Waals surface area contributed by atoms with E-state index >= 15 is 0 Å². The van der Waals surface area contributed by atoms with Gasteiger partial charge in [-0.2, -0.15) is 0 Å². The van der Waals surface area contributed by atoms with Crippen molar-refractivity contribution < 1.29 is 9.47 Å². The molecule has 0 atom stereocenters. The molecular weight excluding hydrogens is 338 g/mol. The van der Waals surface area contributed by atoms with Crippen LogP contribution in [0.5, 0.6) is 11.5 Å². The Bertz CT molecular complexity index is 1340. The Balaban J connectivity index is 1.61. The Morgan fingerprint density at radius 3 is 2.52 bits per heavy atom. The number of hydrogen-bond donors (Lipinski definition) is 0. The molecule has 0 saturated carbocycles. The van der Waals surface area contributed by atoms with E-state index in [1.807, 2.05) is 42.5 Å². The van der Waals surface area contributed by atoms with Crippen LogP contribution in [0.2, 0.25) is 0 Å². The second-order valence-corrected chi connectivity index (χ2v) is 6.68. The average molecular weight is 353 g/mol. The van der Waals surface area contributed by atoms with Gasteiger partial charge in [0, 0.05) is 11.9 Å². The Labute approximate surface area is 154 Å². The van der Waals surface area contributed by atoms with Crippen molar-refractivity contribution in [3.63, 3.8) is 0 Å². The summed E-state index contributed by atoms with van der Waals surface area (Å²) in [6.45, 7) is 0.972. The summed E-state index contributed by atoms with van der Waals surface area (Å²) in [5.41, 5.74) is 5.91. The summed E-state index contributed by atoms with van der Waals surface area (Å²) in [7, 11) is 0. The number of fused-ring (bicyclic) bond motifs is 5. The largest absolute Gasteiger partial charge is 0.454 e. The van der Waals surface area contributed by atoms with Gasteiger partial charge < -0.3 is 14.0 Å². The number of para-hydroxylation sites is 3. The minimum atomic E-state index is 0.283. The zero-order valence-corrected chi connectivity index (χ0v) is 14.4. The van der Waals surface area contributed by atoms with Crippen LogP contribution in [0.15, 0.2) is 66.7 Å². The average Bonchev–Trinajstić information content (AvgIpc) is 3.29. The fourth-order valence-corrected chi connectivity index (χ4v) is 3.76. The van der Waals surface area contributed by atoms with Crippen LogP contribution in [-0.4, -0.2) is 21.3 Å². The minimum absolute atomic E-state index is 0.283. The summed E-state index contributed by atoms with van der Waals surface area (Å²) in [4.78, 5) is 9.83. The Kier molecular flexibility index (Phi) is 2.94. The second-order valence-electron chi connectivity index (χ2n) is 6.68. The number of aromatic nitrogens is 3. The maximum atomic E-state index is 5.53. The van der Waals surface area contributed by atoms with Gasteiger partial charge in [0.1, 0.15) is 5.52 Å². The molecule has 0 amide bonds. The van der Waals surface area contributed by atoms with E-state index in [1.54, 1.807) is 0 Å². The van der Waals surface area contributed by atoms with Gasteiger partial charge in [0.25, 0.3) is 0 Å². The van der Waals surface area contributed by atoms with Gasteiger partial charge in [-0.25, -0.2) is 9.97 Å². The second kappa shape index (κ2) is 5.45. The first-order valence-electron chi connectivity index (χ1n) is 8.89. The van der Waals surface area contributed by atoms with Crippen molar-refractivity contribution in [2.75, 3.05) is 6.79 Å². The van der Waals surface area contributed by atoms with Gasteiger partial charge >= 0.3 is 0 Å². The molecule has 3 aromatic carbocycles. The van der Waals surface area contributed by atoms with Crippen LogP contribution in [0.25, 0.3) is 33.1 Å². The maximum absolute atomic E-state index is 5.53. The van der Waals surface area contributed by atoms with E-state index in [1.165, 1.54) is 0 Å². The molecule has 5 aromatic rings. The van der Waals surface area contributed by atoms with E-state index in [9.17, 15) is 0 Å². The molecule has 2 aromatic heterocycles. The predicted molar refractivity (Wildman–Crippen MR) is 104 cm³/mol. The summed E-state index contributed by atoms with van der Waals surface area (Å²) >= 11 is 0. The molecule has 1 aliphatic heterocycles. The van der Waals surface area contributed by atoms with E-state index in [-0.39, 0.29) is 6.79 Å². The van der Waals surface area contributed by atoms with Crippen LogP contribution < -0.4 is 9.47 Å². The summed E-state index contributed by atoms with van der Waals surface area (Å²) in [6, 6.07) is 22.4. The Morgan fingerprint density at radius 2 is 1.59 bits per heavy atom. The summed E-state index contributed by atoms with van der Waals surface area (Å²) in [5.74, 6) is 1.59. The van der Waals surface area contributed by atoms with Gasteiger partial charge in [-0.15, -0.1) is 0 Å². The van der Waals surface area contributed by atoms with E-state index in [0.717, 1.165) is 50.2 Å². The van der Waals surface area contributed by atoms with Gasteiger partial charge in [-0.1, -0.05) is 36.4 Å². The normalized spacial score (nSPS) is 13.0. The molecule has 1 aliphatic rings. The minimum Gasteiger partial charge on any atom is -0.454 e. The zero-order chi connectivity index (χ0) is 17.8. The highest BCUT2D eigenvalue weighted by Crippen LogP contribution is 2.34. The monoisotopic (exact) mass is 353 g/mol. The van der Waals surface area contributed by atoms with Crippen molar-refractivity contribution in [1.82, 2.24) is 14.5 Å². The van der Waals surface area contributed by atoms with Crippen molar-refractivity contribution in [3.8, 4) is 11.5 Å². The van der Waals surface area contributed by atoms with E-state index in [2.05, 4.69) is 28.8 Å². The number of rotatable bonds is 2. The fourth-order valence-electron chi connectivity index (χ4n) is 3.76. The molecule has 0 spiro atoms. The molecule has 5 nitrogen and oxygen atoms in total. The standard InChI is InChI=1S/C22H15N3O2/c1-4-8-18-15(5-1)21-22(24-17-7-3-2-6-16(17)23-21)25(18)12-14-9-10-19-20(11-14)27-13-26-19/h1-11H,12-13H2. The molecule has 5 heteroatoms. The van der Waals surface area contributed by atoms with Gasteiger partial charge in [-0.05, 0) is 35.9 Å². The predicted octanol–water partition coefficient (Wildman–Crippen LogP) is 4.51. The smallest absolute Gasteiger partial charge is 0.231 e. The SMILES string of the molecule is c1ccc2nc3c(nc2c1)c1ccccc1n3Cc1ccc2c(c1)OCO2. The van der Waals surface area contributed by atoms with Crippen molar-refractivity contribution in [3.05, 3.63) is 72.3 Å². The van der Waals surface area contributed by atoms with Crippen LogP contribution in [0, 0.1) is 0 Å². The van der Waals surface area contributed by atoms with Crippen LogP contribution >= 0.6 is 0 Å². The number of nitrogens with zero attached hydrogens (tertiary/aromatic N) is 3. The molecule has 0 N–H and O–H groups in total. The van der Waals surface area contributed by atoms with E-state index < -0.39 is 0 Å². The molecule has 0 unspecified atom stereocenters. The lowest BCUT2D eigenvalue weighted by Crippen LogP contribution is -2.01. The molecule has 130 valence electrons. The van der Waals surface area contributed by atoms with Crippen LogP contribution in [-0.2, 0) is 6.54 Å². The quantitative estimate of drug-likeness (QED) is 0.468. The van der Waals surface area contributed by atoms with E-state index in [0.29, 0.717) is 6.54 Å². The summed E-state index contributed by atoms with van der Waals surface area (Å²) in [5, 5.41) is 1.12. The summed E-state index contributed by atoms with van der Waals surface area (Å²) in [6.07, 6.45) is 0. The van der Waals surface area contributed by atoms with E-state index in [4.69, 9.17) is 19.4 Å². The van der Waals surface area contributed by atoms with Crippen molar-refractivity contribution in [2.45, 2.75) is 6.54 Å². The molecule has 6 rings (SSSR count). The Morgan fingerprint density at radius 1 is 0.815 bits per heavy atom. The first-order valence-corrected chi connectivity index (χ1v) is 8.89. The Hall–Kier alpha value is -3.60. The maximum Gasteiger partial charge on any atom is 0.231 e. The van der Waals surface area contributed by atoms with Gasteiger partial charge in [-0.3, -0.25) is 0 Å². The fraction of sp³-hybridized carbons (Fsp3) is 0.0909. The third-order valence-corrected chi connectivity index (χ3v) is 5.04. The highest BCUT2D eigenvalue weighted by atomic mass is 16.7. The van der Waals surface area contributed by atoms with Crippen molar-refractivity contribution in [1.29, 1.82) is 0 Å². The number of ether oxygens (including phenoxy) is 2. The molecule has 0 fully saturated rings. The molecule has 3 heterocycles. The molecule has 0 aliphatic carbocycles. The number of hydrogen-bond acceptors (Lipinski definition) is 4. The van der Waals surface area contributed by atoms with Gasteiger partial charge in [0.15, 0.2) is 17.1 Å². The van der Waals surface area contributed by atoms with Crippen LogP contribution in [0.3, 0.4) is 0 Å². The van der Waals surface area contributed by atoms with Crippen molar-refractivity contribution in [2.24, 2.45) is 0 Å². The highest BCUT2D eigenvalue weighted by molar-refractivity contribution is 6.06. The lowest BCUT2D eigenvalue weighted by atomic mass is 10.2. The highest BCUT2D eigenvalue weighted by Gasteiger charge is 2.17. The third kappa shape index (κ3) is 2.18. The molecule has 27 heavy (non-hydrogen) atoms. The third-order valence-electron chi connectivity index (χ3n) is 5.04. The van der Waals surface area contributed by atoms with Gasteiger partial charge in [0.05, 0.1) is 16.6 Å².